The minimum absolute atomic E-state index is 0.380. The van der Waals surface area contributed by atoms with E-state index in [2.05, 4.69) is 19.8 Å². The highest BCUT2D eigenvalue weighted by Crippen LogP contribution is 2.19. The Balaban J connectivity index is 2.53. The minimum atomic E-state index is -0.436. The van der Waals surface area contributed by atoms with Gasteiger partial charge in [-0.25, -0.2) is 4.79 Å². The van der Waals surface area contributed by atoms with Crippen LogP contribution in [0.1, 0.15) is 10.4 Å². The van der Waals surface area contributed by atoms with Crippen LogP contribution in [-0.4, -0.2) is 32.8 Å². The van der Waals surface area contributed by atoms with Crippen LogP contribution in [0.3, 0.4) is 0 Å². The van der Waals surface area contributed by atoms with Gasteiger partial charge in [-0.15, -0.1) is 0 Å². The van der Waals surface area contributed by atoms with E-state index in [9.17, 15) is 4.79 Å². The van der Waals surface area contributed by atoms with Gasteiger partial charge in [0.15, 0.2) is 0 Å². The highest BCUT2D eigenvalue weighted by atomic mass is 16.5. The Kier molecular flexibility index (Phi) is 2.63. The second-order valence-electron chi connectivity index (χ2n) is 3.15. The first kappa shape index (κ1) is 10.3. The molecule has 0 spiro atoms. The second kappa shape index (κ2) is 4.09. The zero-order chi connectivity index (χ0) is 11.5. The first-order valence-corrected chi connectivity index (χ1v) is 4.60. The van der Waals surface area contributed by atoms with Crippen LogP contribution in [0.2, 0.25) is 0 Å². The number of carbonyl (C=O) groups is 1. The Morgan fingerprint density at radius 2 is 2.25 bits per heavy atom. The Morgan fingerprint density at radius 1 is 1.44 bits per heavy atom. The van der Waals surface area contributed by atoms with Crippen molar-refractivity contribution in [3.05, 3.63) is 30.4 Å². The normalized spacial score (nSPS) is 10.1. The van der Waals surface area contributed by atoms with Crippen LogP contribution in [0.25, 0.3) is 11.4 Å². The SMILES string of the molecule is COC(=O)c1cn(C)nc1-c1cnccn1. The molecule has 0 saturated heterocycles. The first-order chi connectivity index (χ1) is 7.72. The number of aryl methyl sites for hydroxylation is 1. The van der Waals surface area contributed by atoms with E-state index in [0.717, 1.165) is 0 Å². The average molecular weight is 218 g/mol. The lowest BCUT2D eigenvalue weighted by Gasteiger charge is -1.98. The number of hydrogen-bond donors (Lipinski definition) is 0. The quantitative estimate of drug-likeness (QED) is 0.692. The molecule has 0 aliphatic rings. The molecule has 0 bridgehead atoms. The molecule has 0 radical (unpaired) electrons. The van der Waals surface area contributed by atoms with Gasteiger partial charge >= 0.3 is 5.97 Å². The van der Waals surface area contributed by atoms with Crippen LogP contribution in [0.5, 0.6) is 0 Å². The number of nitrogens with zero attached hydrogens (tertiary/aromatic N) is 4. The molecule has 6 heteroatoms. The third-order valence-corrected chi connectivity index (χ3v) is 2.04. The summed E-state index contributed by atoms with van der Waals surface area (Å²) in [5.74, 6) is -0.436. The van der Waals surface area contributed by atoms with Crippen LogP contribution >= 0.6 is 0 Å². The van der Waals surface area contributed by atoms with Crippen molar-refractivity contribution in [2.75, 3.05) is 7.11 Å². The fourth-order valence-electron chi connectivity index (χ4n) is 1.36. The van der Waals surface area contributed by atoms with Crippen LogP contribution < -0.4 is 0 Å². The molecule has 6 nitrogen and oxygen atoms in total. The maximum absolute atomic E-state index is 11.5. The third kappa shape index (κ3) is 1.77. The Bertz CT molecular complexity index is 507. The van der Waals surface area contributed by atoms with Gasteiger partial charge in [-0.3, -0.25) is 14.6 Å². The van der Waals surface area contributed by atoms with Crippen molar-refractivity contribution < 1.29 is 9.53 Å². The number of ether oxygens (including phenoxy) is 1. The van der Waals surface area contributed by atoms with Crippen LogP contribution in [-0.2, 0) is 11.8 Å². The number of hydrogen-bond acceptors (Lipinski definition) is 5. The van der Waals surface area contributed by atoms with Crippen molar-refractivity contribution in [2.45, 2.75) is 0 Å². The summed E-state index contributed by atoms with van der Waals surface area (Å²) >= 11 is 0. The molecule has 0 saturated carbocycles. The van der Waals surface area contributed by atoms with Crippen molar-refractivity contribution in [1.29, 1.82) is 0 Å². The minimum Gasteiger partial charge on any atom is -0.465 e. The molecule has 2 heterocycles. The smallest absolute Gasteiger partial charge is 0.341 e. The maximum atomic E-state index is 11.5. The molecule has 0 N–H and O–H groups in total. The van der Waals surface area contributed by atoms with E-state index in [0.29, 0.717) is 17.0 Å². The highest BCUT2D eigenvalue weighted by molar-refractivity contribution is 5.95. The fourth-order valence-corrected chi connectivity index (χ4v) is 1.36. The topological polar surface area (TPSA) is 69.9 Å². The Labute approximate surface area is 91.9 Å². The van der Waals surface area contributed by atoms with E-state index in [4.69, 9.17) is 0 Å². The summed E-state index contributed by atoms with van der Waals surface area (Å²) in [7, 11) is 3.06. The lowest BCUT2D eigenvalue weighted by Crippen LogP contribution is -2.02. The molecule has 2 rings (SSSR count). The molecule has 0 fully saturated rings. The van der Waals surface area contributed by atoms with Gasteiger partial charge in [-0.05, 0) is 0 Å². The van der Waals surface area contributed by atoms with Gasteiger partial charge in [0, 0.05) is 25.6 Å². The van der Waals surface area contributed by atoms with Gasteiger partial charge in [0.25, 0.3) is 0 Å². The van der Waals surface area contributed by atoms with Gasteiger partial charge in [0.1, 0.15) is 17.0 Å². The molecule has 0 aliphatic carbocycles. The molecule has 0 unspecified atom stereocenters. The molecule has 16 heavy (non-hydrogen) atoms. The summed E-state index contributed by atoms with van der Waals surface area (Å²) in [6, 6.07) is 0. The van der Waals surface area contributed by atoms with Crippen molar-refractivity contribution in [3.63, 3.8) is 0 Å². The molecule has 2 aromatic heterocycles. The predicted octanol–water partition coefficient (Wildman–Crippen LogP) is 0.664. The highest BCUT2D eigenvalue weighted by Gasteiger charge is 2.18. The van der Waals surface area contributed by atoms with Gasteiger partial charge in [0.05, 0.1) is 13.3 Å². The average Bonchev–Trinajstić information content (AvgIpc) is 2.71. The van der Waals surface area contributed by atoms with Gasteiger partial charge in [-0.1, -0.05) is 0 Å². The number of esters is 1. The van der Waals surface area contributed by atoms with Crippen molar-refractivity contribution in [3.8, 4) is 11.4 Å². The predicted molar refractivity (Wildman–Crippen MR) is 55.6 cm³/mol. The monoisotopic (exact) mass is 218 g/mol. The van der Waals surface area contributed by atoms with Crippen LogP contribution in [0.15, 0.2) is 24.8 Å². The molecule has 82 valence electrons. The van der Waals surface area contributed by atoms with E-state index in [1.165, 1.54) is 11.8 Å². The molecule has 2 aromatic rings. The first-order valence-electron chi connectivity index (χ1n) is 4.60. The summed E-state index contributed by atoms with van der Waals surface area (Å²) in [6.07, 6.45) is 6.25. The van der Waals surface area contributed by atoms with E-state index in [1.807, 2.05) is 0 Å². The zero-order valence-electron chi connectivity index (χ0n) is 8.91. The van der Waals surface area contributed by atoms with Gasteiger partial charge in [-0.2, -0.15) is 5.10 Å². The van der Waals surface area contributed by atoms with Crippen LogP contribution in [0, 0.1) is 0 Å². The molecule has 0 amide bonds. The van der Waals surface area contributed by atoms with Crippen molar-refractivity contribution in [2.24, 2.45) is 7.05 Å². The summed E-state index contributed by atoms with van der Waals surface area (Å²) < 4.78 is 6.21. The van der Waals surface area contributed by atoms with Crippen LogP contribution in [0.4, 0.5) is 0 Å². The number of methoxy groups -OCH3 is 1. The Hall–Kier alpha value is -2.24. The lowest BCUT2D eigenvalue weighted by atomic mass is 10.2. The standard InChI is InChI=1S/C10H10N4O2/c1-14-6-7(10(15)16-2)9(13-14)8-5-11-3-4-12-8/h3-6H,1-2H3. The van der Waals surface area contributed by atoms with E-state index in [-0.39, 0.29) is 0 Å². The molecular formula is C10H10N4O2. The molecule has 0 atom stereocenters. The fraction of sp³-hybridized carbons (Fsp3) is 0.200. The third-order valence-electron chi connectivity index (χ3n) is 2.04. The number of aromatic nitrogens is 4. The lowest BCUT2D eigenvalue weighted by molar-refractivity contribution is 0.0601. The van der Waals surface area contributed by atoms with E-state index < -0.39 is 5.97 Å². The molecular weight excluding hydrogens is 208 g/mol. The maximum Gasteiger partial charge on any atom is 0.341 e. The largest absolute Gasteiger partial charge is 0.465 e. The zero-order valence-corrected chi connectivity index (χ0v) is 8.91. The van der Waals surface area contributed by atoms with Gasteiger partial charge in [0.2, 0.25) is 0 Å². The second-order valence-corrected chi connectivity index (χ2v) is 3.15. The van der Waals surface area contributed by atoms with Gasteiger partial charge < -0.3 is 4.74 Å². The number of carbonyl (C=O) groups excluding carboxylic acids is 1. The number of rotatable bonds is 2. The van der Waals surface area contributed by atoms with Crippen molar-refractivity contribution in [1.82, 2.24) is 19.7 Å². The summed E-state index contributed by atoms with van der Waals surface area (Å²) in [5, 5.41) is 4.16. The molecule has 0 aromatic carbocycles. The van der Waals surface area contributed by atoms with E-state index >= 15 is 0 Å². The van der Waals surface area contributed by atoms with E-state index in [1.54, 1.807) is 31.8 Å². The summed E-state index contributed by atoms with van der Waals surface area (Å²) in [5.41, 5.74) is 1.40. The summed E-state index contributed by atoms with van der Waals surface area (Å²) in [6.45, 7) is 0. The molecule has 0 aliphatic heterocycles. The summed E-state index contributed by atoms with van der Waals surface area (Å²) in [4.78, 5) is 19.5. The Morgan fingerprint density at radius 3 is 2.88 bits per heavy atom. The van der Waals surface area contributed by atoms with Crippen molar-refractivity contribution >= 4 is 5.97 Å².